The summed E-state index contributed by atoms with van der Waals surface area (Å²) in [4.78, 5) is 22.2. The number of anilines is 1. The Morgan fingerprint density at radius 2 is 1.98 bits per heavy atom. The number of nitrogens with one attached hydrogen (secondary N) is 1. The molecule has 9 nitrogen and oxygen atoms in total. The number of fused-ring (bicyclic) bond motifs is 1. The second-order valence-electron chi connectivity index (χ2n) is 13.0. The number of carbonyl (C=O) groups excluding carboxylic acids is 1. The van der Waals surface area contributed by atoms with Crippen LogP contribution in [0.25, 0.3) is 0 Å². The topological polar surface area (TPSA) is 100 Å². The van der Waals surface area contributed by atoms with Crippen LogP contribution in [-0.4, -0.2) is 64.5 Å². The molecule has 0 amide bonds. The molecule has 2 aliphatic rings. The maximum atomic E-state index is 13.6. The van der Waals surface area contributed by atoms with Gasteiger partial charge in [0.1, 0.15) is 23.9 Å². The quantitative estimate of drug-likeness (QED) is 0.239. The van der Waals surface area contributed by atoms with E-state index in [0.717, 1.165) is 12.0 Å². The zero-order valence-corrected chi connectivity index (χ0v) is 26.6. The molecule has 1 N–H and O–H groups in total. The van der Waals surface area contributed by atoms with Crippen molar-refractivity contribution < 1.29 is 18.7 Å². The van der Waals surface area contributed by atoms with Crippen molar-refractivity contribution in [2.24, 2.45) is 5.92 Å². The van der Waals surface area contributed by atoms with Crippen LogP contribution in [0.4, 0.5) is 5.82 Å². The molecule has 5 rings (SSSR count). The molecule has 1 saturated heterocycles. The molecule has 3 heterocycles. The first kappa shape index (κ1) is 29.8. The average molecular weight is 598 g/mol. The Morgan fingerprint density at radius 1 is 1.22 bits per heavy atom. The van der Waals surface area contributed by atoms with Crippen LogP contribution in [0.5, 0.6) is 0 Å². The van der Waals surface area contributed by atoms with Gasteiger partial charge in [0.15, 0.2) is 14.1 Å². The van der Waals surface area contributed by atoms with Crippen LogP contribution in [-0.2, 0) is 20.4 Å². The Labute approximate surface area is 248 Å². The van der Waals surface area contributed by atoms with Gasteiger partial charge in [0.2, 0.25) is 5.78 Å². The third-order valence-corrected chi connectivity index (χ3v) is 13.2. The number of hydrogen-bond donors (Lipinski definition) is 1. The lowest BCUT2D eigenvalue weighted by Crippen LogP contribution is -2.43. The van der Waals surface area contributed by atoms with Gasteiger partial charge in [0.05, 0.1) is 24.3 Å². The van der Waals surface area contributed by atoms with Crippen LogP contribution in [0.3, 0.4) is 0 Å². The van der Waals surface area contributed by atoms with E-state index in [1.165, 1.54) is 12.5 Å². The van der Waals surface area contributed by atoms with Gasteiger partial charge < -0.3 is 19.2 Å². The third-order valence-electron chi connectivity index (χ3n) is 8.43. The molecule has 1 aliphatic heterocycles. The lowest BCUT2D eigenvalue weighted by Gasteiger charge is -2.37. The summed E-state index contributed by atoms with van der Waals surface area (Å²) in [5.41, 5.74) is 1.67. The SMILES string of the molecule is CC1(C)O[C@@H]2[C@@H](CO[Si](C)(C)C(C)(C)C)C[C@@H](Nc3ncncc3C(=O)c3ccn(Cc4cccc(Cl)c4)n3)[C@@H]2O1. The van der Waals surface area contributed by atoms with E-state index in [-0.39, 0.29) is 35.0 Å². The van der Waals surface area contributed by atoms with Crippen LogP contribution < -0.4 is 5.32 Å². The van der Waals surface area contributed by atoms with Crippen molar-refractivity contribution >= 4 is 31.5 Å². The summed E-state index contributed by atoms with van der Waals surface area (Å²) in [5, 5.41) is 8.80. The van der Waals surface area contributed by atoms with E-state index in [1.807, 2.05) is 38.1 Å². The summed E-state index contributed by atoms with van der Waals surface area (Å²) in [7, 11) is -1.93. The van der Waals surface area contributed by atoms with Crippen molar-refractivity contribution in [3.05, 3.63) is 70.9 Å². The highest BCUT2D eigenvalue weighted by atomic mass is 35.5. The highest BCUT2D eigenvalue weighted by molar-refractivity contribution is 6.74. The van der Waals surface area contributed by atoms with Crippen molar-refractivity contribution in [3.63, 3.8) is 0 Å². The molecule has 3 aromatic rings. The van der Waals surface area contributed by atoms with E-state index in [0.29, 0.717) is 35.2 Å². The summed E-state index contributed by atoms with van der Waals surface area (Å²) in [6.07, 6.45) is 5.21. The molecule has 2 aromatic heterocycles. The summed E-state index contributed by atoms with van der Waals surface area (Å²) in [6, 6.07) is 9.17. The Bertz CT molecular complexity index is 1410. The normalized spacial score (nSPS) is 23.9. The number of carbonyl (C=O) groups is 1. The number of ketones is 1. The second-order valence-corrected chi connectivity index (χ2v) is 18.3. The van der Waals surface area contributed by atoms with Gasteiger partial charge in [-0.25, -0.2) is 9.97 Å². The highest BCUT2D eigenvalue weighted by Gasteiger charge is 2.54. The van der Waals surface area contributed by atoms with Crippen LogP contribution in [0.2, 0.25) is 23.2 Å². The van der Waals surface area contributed by atoms with E-state index < -0.39 is 14.1 Å². The Hall–Kier alpha value is -2.63. The first-order valence-electron chi connectivity index (χ1n) is 14.1. The predicted octanol–water partition coefficient (Wildman–Crippen LogP) is 5.95. The monoisotopic (exact) mass is 597 g/mol. The standard InChI is InChI=1S/C30H40ClN5O4Si/c1-29(2,3)41(6,7)38-17-20-14-24(27-26(20)39-30(4,5)40-27)34-28-22(15-32-18-33-28)25(37)23-11-12-36(35-23)16-19-9-8-10-21(31)13-19/h8-13,15,18,20,24,26-27H,14,16-17H2,1-7H3,(H,32,33,34)/t20-,24-,26-,27+/m1/s1. The van der Waals surface area contributed by atoms with Gasteiger partial charge in [-0.05, 0) is 62.2 Å². The molecule has 1 aromatic carbocycles. The lowest BCUT2D eigenvalue weighted by atomic mass is 10.1. The lowest BCUT2D eigenvalue weighted by molar-refractivity contribution is -0.158. The second kappa shape index (κ2) is 11.2. The van der Waals surface area contributed by atoms with Crippen molar-refractivity contribution in [2.45, 2.75) is 89.8 Å². The predicted molar refractivity (Wildman–Crippen MR) is 161 cm³/mol. The van der Waals surface area contributed by atoms with Gasteiger partial charge in [-0.3, -0.25) is 9.48 Å². The smallest absolute Gasteiger partial charge is 0.218 e. The minimum absolute atomic E-state index is 0.114. The van der Waals surface area contributed by atoms with Gasteiger partial charge in [-0.2, -0.15) is 5.10 Å². The van der Waals surface area contributed by atoms with Crippen molar-refractivity contribution in [3.8, 4) is 0 Å². The van der Waals surface area contributed by atoms with Crippen molar-refractivity contribution in [1.29, 1.82) is 0 Å². The maximum Gasteiger partial charge on any atom is 0.218 e. The molecule has 4 atom stereocenters. The Balaban J connectivity index is 1.32. The molecule has 11 heteroatoms. The van der Waals surface area contributed by atoms with Crippen molar-refractivity contribution in [2.75, 3.05) is 11.9 Å². The first-order valence-corrected chi connectivity index (χ1v) is 17.4. The molecule has 0 spiro atoms. The first-order chi connectivity index (χ1) is 19.2. The zero-order valence-electron chi connectivity index (χ0n) is 24.8. The zero-order chi connectivity index (χ0) is 29.6. The van der Waals surface area contributed by atoms with Crippen LogP contribution >= 0.6 is 11.6 Å². The minimum atomic E-state index is -1.93. The molecule has 0 unspecified atom stereocenters. The summed E-state index contributed by atoms with van der Waals surface area (Å²) in [5.74, 6) is -0.353. The summed E-state index contributed by atoms with van der Waals surface area (Å²) in [6.45, 7) is 16.2. The van der Waals surface area contributed by atoms with Crippen LogP contribution in [0.1, 0.15) is 62.7 Å². The summed E-state index contributed by atoms with van der Waals surface area (Å²) < 4.78 is 21.0. The van der Waals surface area contributed by atoms with Gasteiger partial charge in [0, 0.05) is 29.9 Å². The largest absolute Gasteiger partial charge is 0.416 e. The van der Waals surface area contributed by atoms with Gasteiger partial charge in [-0.1, -0.05) is 44.5 Å². The fourth-order valence-electron chi connectivity index (χ4n) is 5.24. The minimum Gasteiger partial charge on any atom is -0.416 e. The molecule has 0 radical (unpaired) electrons. The molecule has 1 saturated carbocycles. The Morgan fingerprint density at radius 3 is 2.71 bits per heavy atom. The summed E-state index contributed by atoms with van der Waals surface area (Å²) >= 11 is 6.12. The highest BCUT2D eigenvalue weighted by Crippen LogP contribution is 2.44. The number of benzene rings is 1. The number of halogens is 1. The maximum absolute atomic E-state index is 13.6. The average Bonchev–Trinajstić information content (AvgIpc) is 3.56. The van der Waals surface area contributed by atoms with E-state index in [1.54, 1.807) is 16.9 Å². The molecule has 2 fully saturated rings. The van der Waals surface area contributed by atoms with Gasteiger partial charge in [-0.15, -0.1) is 0 Å². The Kier molecular flexibility index (Phi) is 8.17. The molecule has 1 aliphatic carbocycles. The van der Waals surface area contributed by atoms with Crippen LogP contribution in [0.15, 0.2) is 49.1 Å². The number of nitrogens with zero attached hydrogens (tertiary/aromatic N) is 4. The number of aromatic nitrogens is 4. The molecule has 220 valence electrons. The van der Waals surface area contributed by atoms with E-state index in [2.05, 4.69) is 54.2 Å². The van der Waals surface area contributed by atoms with Crippen LogP contribution in [0, 0.1) is 5.92 Å². The molecule has 41 heavy (non-hydrogen) atoms. The number of rotatable bonds is 9. The fourth-order valence-corrected chi connectivity index (χ4v) is 6.52. The third kappa shape index (κ3) is 6.57. The molecular weight excluding hydrogens is 558 g/mol. The van der Waals surface area contributed by atoms with Gasteiger partial charge >= 0.3 is 0 Å². The van der Waals surface area contributed by atoms with Gasteiger partial charge in [0.25, 0.3) is 0 Å². The number of hydrogen-bond acceptors (Lipinski definition) is 8. The van der Waals surface area contributed by atoms with E-state index in [4.69, 9.17) is 25.5 Å². The van der Waals surface area contributed by atoms with E-state index in [9.17, 15) is 4.79 Å². The van der Waals surface area contributed by atoms with E-state index >= 15 is 0 Å². The van der Waals surface area contributed by atoms with Crippen molar-refractivity contribution in [1.82, 2.24) is 19.7 Å². The number of ether oxygens (including phenoxy) is 2. The molecular formula is C30H40ClN5O4Si. The fraction of sp³-hybridized carbons (Fsp3) is 0.533. The molecule has 0 bridgehead atoms.